The number of benzene rings is 1. The van der Waals surface area contributed by atoms with Gasteiger partial charge in [0.2, 0.25) is 0 Å². The van der Waals surface area contributed by atoms with Crippen molar-refractivity contribution in [3.8, 4) is 0 Å². The summed E-state index contributed by atoms with van der Waals surface area (Å²) in [5, 5.41) is 13.6. The number of hydrogen-bond donors (Lipinski definition) is 1. The molecule has 3 aromatic rings. The van der Waals surface area contributed by atoms with E-state index in [1.54, 1.807) is 23.5 Å². The second-order valence-electron chi connectivity index (χ2n) is 4.80. The van der Waals surface area contributed by atoms with E-state index in [4.69, 9.17) is 0 Å². The van der Waals surface area contributed by atoms with Crippen LogP contribution in [-0.4, -0.2) is 20.6 Å². The molecule has 0 fully saturated rings. The first-order valence-electron chi connectivity index (χ1n) is 6.28. The maximum Gasteiger partial charge on any atom is 0.337 e. The first kappa shape index (κ1) is 12.9. The van der Waals surface area contributed by atoms with Crippen LogP contribution < -0.4 is 0 Å². The Balaban J connectivity index is 2.22. The molecule has 0 saturated heterocycles. The van der Waals surface area contributed by atoms with Gasteiger partial charge in [0.1, 0.15) is 5.82 Å². The van der Waals surface area contributed by atoms with Crippen LogP contribution in [-0.2, 0) is 6.54 Å². The first-order valence-corrected chi connectivity index (χ1v) is 7.23. The molecule has 1 N–H and O–H groups in total. The summed E-state index contributed by atoms with van der Waals surface area (Å²) >= 11 is 1.66. The minimum absolute atomic E-state index is 0.302. The molecule has 4 nitrogen and oxygen atoms in total. The van der Waals surface area contributed by atoms with Gasteiger partial charge < -0.3 is 9.67 Å². The Bertz CT molecular complexity index is 801. The molecule has 0 spiro atoms. The molecule has 5 heteroatoms. The van der Waals surface area contributed by atoms with Gasteiger partial charge in [0.05, 0.1) is 23.1 Å². The number of para-hydroxylation sites is 1. The van der Waals surface area contributed by atoms with Gasteiger partial charge in [-0.15, -0.1) is 0 Å². The van der Waals surface area contributed by atoms with Gasteiger partial charge in [-0.2, -0.15) is 11.3 Å². The molecule has 3 rings (SSSR count). The highest BCUT2D eigenvalue weighted by Gasteiger charge is 2.16. The molecule has 0 aliphatic heterocycles. The van der Waals surface area contributed by atoms with Crippen molar-refractivity contribution >= 4 is 28.3 Å². The second-order valence-corrected chi connectivity index (χ2v) is 5.55. The van der Waals surface area contributed by atoms with Crippen molar-refractivity contribution in [1.82, 2.24) is 9.55 Å². The fourth-order valence-corrected chi connectivity index (χ4v) is 3.24. The molecule has 0 bridgehead atoms. The van der Waals surface area contributed by atoms with Crippen molar-refractivity contribution in [3.05, 3.63) is 51.5 Å². The van der Waals surface area contributed by atoms with E-state index < -0.39 is 5.97 Å². The lowest BCUT2D eigenvalue weighted by molar-refractivity contribution is 0.0698. The van der Waals surface area contributed by atoms with Gasteiger partial charge in [-0.1, -0.05) is 6.07 Å². The highest BCUT2D eigenvalue weighted by atomic mass is 32.1. The molecule has 102 valence electrons. The topological polar surface area (TPSA) is 55.1 Å². The van der Waals surface area contributed by atoms with Gasteiger partial charge in [0.25, 0.3) is 0 Å². The summed E-state index contributed by atoms with van der Waals surface area (Å²) in [5.41, 5.74) is 4.16. The summed E-state index contributed by atoms with van der Waals surface area (Å²) in [7, 11) is 0. The largest absolute Gasteiger partial charge is 0.478 e. The van der Waals surface area contributed by atoms with Crippen LogP contribution in [0, 0.1) is 13.8 Å². The van der Waals surface area contributed by atoms with E-state index in [1.807, 2.05) is 17.6 Å². The molecule has 1 aromatic carbocycles. The number of carboxylic acids is 1. The third-order valence-electron chi connectivity index (χ3n) is 3.48. The normalized spacial score (nSPS) is 11.1. The van der Waals surface area contributed by atoms with Crippen LogP contribution in [0.25, 0.3) is 11.0 Å². The van der Waals surface area contributed by atoms with Crippen molar-refractivity contribution in [3.63, 3.8) is 0 Å². The number of aromatic carboxylic acids is 1. The Kier molecular flexibility index (Phi) is 3.06. The molecule has 0 amide bonds. The minimum Gasteiger partial charge on any atom is -0.478 e. The summed E-state index contributed by atoms with van der Waals surface area (Å²) < 4.78 is 1.98. The maximum absolute atomic E-state index is 11.4. The van der Waals surface area contributed by atoms with Crippen LogP contribution in [0.5, 0.6) is 0 Å². The number of aryl methyl sites for hydroxylation is 2. The lowest BCUT2D eigenvalue weighted by Gasteiger charge is -2.08. The number of aromatic nitrogens is 2. The molecule has 0 atom stereocenters. The van der Waals surface area contributed by atoms with Crippen molar-refractivity contribution in [2.45, 2.75) is 20.4 Å². The van der Waals surface area contributed by atoms with Crippen molar-refractivity contribution in [2.75, 3.05) is 0 Å². The molecule has 0 aliphatic carbocycles. The molecule has 0 saturated carbocycles. The van der Waals surface area contributed by atoms with Gasteiger partial charge in [-0.3, -0.25) is 0 Å². The van der Waals surface area contributed by atoms with E-state index in [2.05, 4.69) is 22.7 Å². The number of imidazole rings is 1. The lowest BCUT2D eigenvalue weighted by Crippen LogP contribution is -2.06. The Labute approximate surface area is 120 Å². The zero-order valence-corrected chi connectivity index (χ0v) is 12.1. The van der Waals surface area contributed by atoms with E-state index in [1.165, 1.54) is 11.1 Å². The molecule has 20 heavy (non-hydrogen) atoms. The summed E-state index contributed by atoms with van der Waals surface area (Å²) in [5.74, 6) is -0.0851. The number of carbonyl (C=O) groups is 1. The summed E-state index contributed by atoms with van der Waals surface area (Å²) in [6, 6.07) is 5.22. The average Bonchev–Trinajstić information content (AvgIpc) is 2.94. The molecular formula is C15H14N2O2S. The van der Waals surface area contributed by atoms with Crippen LogP contribution >= 0.6 is 11.3 Å². The Hall–Kier alpha value is -2.14. The van der Waals surface area contributed by atoms with E-state index in [0.29, 0.717) is 17.6 Å². The highest BCUT2D eigenvalue weighted by molar-refractivity contribution is 7.08. The van der Waals surface area contributed by atoms with Crippen molar-refractivity contribution in [2.24, 2.45) is 0 Å². The Morgan fingerprint density at radius 2 is 2.15 bits per heavy atom. The number of nitrogens with zero attached hydrogens (tertiary/aromatic N) is 2. The van der Waals surface area contributed by atoms with Gasteiger partial charge in [-0.25, -0.2) is 9.78 Å². The summed E-state index contributed by atoms with van der Waals surface area (Å²) in [6.45, 7) is 4.63. The molecule has 0 aliphatic rings. The number of thiophene rings is 1. The summed E-state index contributed by atoms with van der Waals surface area (Å²) in [4.78, 5) is 15.9. The first-order chi connectivity index (χ1) is 9.58. The molecule has 2 heterocycles. The van der Waals surface area contributed by atoms with Crippen molar-refractivity contribution < 1.29 is 9.90 Å². The van der Waals surface area contributed by atoms with Crippen LogP contribution in [0.1, 0.15) is 27.3 Å². The lowest BCUT2D eigenvalue weighted by atomic mass is 10.1. The zero-order chi connectivity index (χ0) is 14.3. The third kappa shape index (κ3) is 2.00. The Morgan fingerprint density at radius 1 is 1.35 bits per heavy atom. The predicted molar refractivity (Wildman–Crippen MR) is 79.6 cm³/mol. The van der Waals surface area contributed by atoms with Gasteiger partial charge in [0, 0.05) is 0 Å². The molecule has 0 unspecified atom stereocenters. The number of rotatable bonds is 3. The van der Waals surface area contributed by atoms with Gasteiger partial charge in [-0.05, 0) is 47.9 Å². The fourth-order valence-electron chi connectivity index (χ4n) is 2.39. The molecule has 0 radical (unpaired) electrons. The smallest absolute Gasteiger partial charge is 0.337 e. The molecule has 2 aromatic heterocycles. The quantitative estimate of drug-likeness (QED) is 0.802. The zero-order valence-electron chi connectivity index (χ0n) is 11.3. The average molecular weight is 286 g/mol. The van der Waals surface area contributed by atoms with E-state index in [-0.39, 0.29) is 0 Å². The third-order valence-corrected chi connectivity index (χ3v) is 4.39. The maximum atomic E-state index is 11.4. The monoisotopic (exact) mass is 286 g/mol. The molecular weight excluding hydrogens is 272 g/mol. The SMILES string of the molecule is Cc1cscc1Cn1c(C)nc2cccc(C(=O)O)c21. The van der Waals surface area contributed by atoms with Crippen molar-refractivity contribution in [1.29, 1.82) is 0 Å². The van der Waals surface area contributed by atoms with Crippen LogP contribution in [0.3, 0.4) is 0 Å². The standard InChI is InChI=1S/C15H14N2O2S/c1-9-7-20-8-11(9)6-17-10(2)16-13-5-3-4-12(14(13)17)15(18)19/h3-5,7-8H,6H2,1-2H3,(H,18,19). The van der Waals surface area contributed by atoms with E-state index in [0.717, 1.165) is 11.3 Å². The van der Waals surface area contributed by atoms with Gasteiger partial charge >= 0.3 is 5.97 Å². The minimum atomic E-state index is -0.918. The predicted octanol–water partition coefficient (Wildman–Crippen LogP) is 3.46. The van der Waals surface area contributed by atoms with E-state index in [9.17, 15) is 9.90 Å². The van der Waals surface area contributed by atoms with E-state index >= 15 is 0 Å². The van der Waals surface area contributed by atoms with Crippen LogP contribution in [0.15, 0.2) is 29.0 Å². The van der Waals surface area contributed by atoms with Crippen LogP contribution in [0.4, 0.5) is 0 Å². The number of carboxylic acid groups (broad SMARTS) is 1. The highest BCUT2D eigenvalue weighted by Crippen LogP contribution is 2.23. The number of hydrogen-bond acceptors (Lipinski definition) is 3. The summed E-state index contributed by atoms with van der Waals surface area (Å²) in [6.07, 6.45) is 0. The Morgan fingerprint density at radius 3 is 2.80 bits per heavy atom. The van der Waals surface area contributed by atoms with Gasteiger partial charge in [0.15, 0.2) is 0 Å². The number of fused-ring (bicyclic) bond motifs is 1. The van der Waals surface area contributed by atoms with Crippen LogP contribution in [0.2, 0.25) is 0 Å². The fraction of sp³-hybridized carbons (Fsp3) is 0.200. The second kappa shape index (κ2) is 4.76.